The van der Waals surface area contributed by atoms with Gasteiger partial charge in [0.05, 0.1) is 5.60 Å². The number of aryl methyl sites for hydroxylation is 1. The van der Waals surface area contributed by atoms with Gasteiger partial charge in [-0.15, -0.1) is 0 Å². The van der Waals surface area contributed by atoms with Crippen LogP contribution in [0.5, 0.6) is 0 Å². The van der Waals surface area contributed by atoms with E-state index in [2.05, 4.69) is 38.1 Å². The Morgan fingerprint density at radius 2 is 1.67 bits per heavy atom. The second kappa shape index (κ2) is 4.80. The molecular weight excluding hydrogens is 184 g/mol. The van der Waals surface area contributed by atoms with Gasteiger partial charge in [0.1, 0.15) is 0 Å². The van der Waals surface area contributed by atoms with E-state index in [1.807, 2.05) is 13.8 Å². The van der Waals surface area contributed by atoms with Crippen LogP contribution >= 0.6 is 0 Å². The molecule has 0 heterocycles. The van der Waals surface area contributed by atoms with Crippen molar-refractivity contribution in [3.05, 3.63) is 35.4 Å². The molecule has 1 aromatic rings. The molecule has 0 fully saturated rings. The van der Waals surface area contributed by atoms with Gasteiger partial charge in [0.15, 0.2) is 0 Å². The van der Waals surface area contributed by atoms with Crippen molar-refractivity contribution < 1.29 is 5.11 Å². The van der Waals surface area contributed by atoms with Gasteiger partial charge in [0.2, 0.25) is 0 Å². The summed E-state index contributed by atoms with van der Waals surface area (Å²) in [6.07, 6.45) is 1.76. The molecule has 0 unspecified atom stereocenters. The van der Waals surface area contributed by atoms with E-state index in [0.717, 1.165) is 12.8 Å². The monoisotopic (exact) mass is 206 g/mol. The minimum atomic E-state index is -0.559. The highest BCUT2D eigenvalue weighted by Crippen LogP contribution is 2.17. The molecule has 1 heteroatoms. The van der Waals surface area contributed by atoms with E-state index < -0.39 is 5.60 Å². The molecule has 0 saturated heterocycles. The third kappa shape index (κ3) is 4.48. The molecule has 15 heavy (non-hydrogen) atoms. The Bertz CT molecular complexity index is 290. The topological polar surface area (TPSA) is 20.2 Å². The highest BCUT2D eigenvalue weighted by Gasteiger charge is 2.11. The van der Waals surface area contributed by atoms with Crippen LogP contribution in [-0.2, 0) is 6.42 Å². The average molecular weight is 206 g/mol. The summed E-state index contributed by atoms with van der Waals surface area (Å²) in [5.74, 6) is 0.591. The van der Waals surface area contributed by atoms with Crippen LogP contribution in [0.1, 0.15) is 51.2 Å². The molecule has 1 rings (SSSR count). The average Bonchev–Trinajstić information content (AvgIpc) is 2.14. The molecule has 0 aliphatic rings. The van der Waals surface area contributed by atoms with E-state index in [0.29, 0.717) is 5.92 Å². The molecule has 0 bridgehead atoms. The van der Waals surface area contributed by atoms with Gasteiger partial charge in [-0.1, -0.05) is 38.1 Å². The fourth-order valence-corrected chi connectivity index (χ4v) is 1.52. The lowest BCUT2D eigenvalue weighted by Gasteiger charge is -2.16. The number of hydrogen-bond donors (Lipinski definition) is 1. The molecule has 0 amide bonds. The number of benzene rings is 1. The summed E-state index contributed by atoms with van der Waals surface area (Å²) in [6, 6.07) is 8.71. The first-order valence-electron chi connectivity index (χ1n) is 5.70. The zero-order valence-electron chi connectivity index (χ0n) is 10.2. The first-order chi connectivity index (χ1) is 6.88. The Morgan fingerprint density at radius 1 is 1.13 bits per heavy atom. The SMILES string of the molecule is CC(C)c1ccc(CCC(C)(C)O)cc1. The van der Waals surface area contributed by atoms with Gasteiger partial charge in [-0.3, -0.25) is 0 Å². The van der Waals surface area contributed by atoms with Crippen molar-refractivity contribution in [3.63, 3.8) is 0 Å². The standard InChI is InChI=1S/C14H22O/c1-11(2)13-7-5-12(6-8-13)9-10-14(3,4)15/h5-8,11,15H,9-10H2,1-4H3. The molecule has 1 aromatic carbocycles. The van der Waals surface area contributed by atoms with Gasteiger partial charge < -0.3 is 5.11 Å². The lowest BCUT2D eigenvalue weighted by Crippen LogP contribution is -2.19. The number of aliphatic hydroxyl groups is 1. The maximum atomic E-state index is 9.62. The summed E-state index contributed by atoms with van der Waals surface area (Å²) in [4.78, 5) is 0. The van der Waals surface area contributed by atoms with E-state index in [1.54, 1.807) is 0 Å². The largest absolute Gasteiger partial charge is 0.390 e. The van der Waals surface area contributed by atoms with Gasteiger partial charge in [0.25, 0.3) is 0 Å². The molecule has 1 N–H and O–H groups in total. The summed E-state index contributed by atoms with van der Waals surface area (Å²) >= 11 is 0. The zero-order valence-corrected chi connectivity index (χ0v) is 10.2. The Morgan fingerprint density at radius 3 is 2.07 bits per heavy atom. The van der Waals surface area contributed by atoms with Gasteiger partial charge in [-0.05, 0) is 43.7 Å². The Balaban J connectivity index is 2.57. The van der Waals surface area contributed by atoms with Gasteiger partial charge in [0, 0.05) is 0 Å². The van der Waals surface area contributed by atoms with Crippen LogP contribution in [0.15, 0.2) is 24.3 Å². The van der Waals surface area contributed by atoms with Crippen molar-refractivity contribution in [3.8, 4) is 0 Å². The molecule has 0 aliphatic heterocycles. The lowest BCUT2D eigenvalue weighted by molar-refractivity contribution is 0.0714. The Labute approximate surface area is 93.1 Å². The first-order valence-corrected chi connectivity index (χ1v) is 5.70. The predicted molar refractivity (Wildman–Crippen MR) is 65.1 cm³/mol. The smallest absolute Gasteiger partial charge is 0.0594 e. The number of hydrogen-bond acceptors (Lipinski definition) is 1. The molecule has 0 aliphatic carbocycles. The molecule has 0 saturated carbocycles. The first kappa shape index (κ1) is 12.3. The Hall–Kier alpha value is -0.820. The molecule has 0 spiro atoms. The zero-order chi connectivity index (χ0) is 11.5. The molecule has 1 nitrogen and oxygen atoms in total. The van der Waals surface area contributed by atoms with Crippen LogP contribution in [0.25, 0.3) is 0 Å². The van der Waals surface area contributed by atoms with E-state index in [9.17, 15) is 5.11 Å². The van der Waals surface area contributed by atoms with Crippen molar-refractivity contribution in [2.45, 2.75) is 52.1 Å². The second-order valence-electron chi connectivity index (χ2n) is 5.21. The quantitative estimate of drug-likeness (QED) is 0.799. The fraction of sp³-hybridized carbons (Fsp3) is 0.571. The summed E-state index contributed by atoms with van der Waals surface area (Å²) in [7, 11) is 0. The predicted octanol–water partition coefficient (Wildman–Crippen LogP) is 3.51. The summed E-state index contributed by atoms with van der Waals surface area (Å²) in [6.45, 7) is 8.11. The molecule has 0 radical (unpaired) electrons. The summed E-state index contributed by atoms with van der Waals surface area (Å²) in [5.41, 5.74) is 2.13. The van der Waals surface area contributed by atoms with Crippen LogP contribution in [0.3, 0.4) is 0 Å². The maximum absolute atomic E-state index is 9.62. The van der Waals surface area contributed by atoms with Gasteiger partial charge >= 0.3 is 0 Å². The van der Waals surface area contributed by atoms with E-state index in [4.69, 9.17) is 0 Å². The van der Waals surface area contributed by atoms with Crippen molar-refractivity contribution in [1.82, 2.24) is 0 Å². The minimum absolute atomic E-state index is 0.559. The Kier molecular flexibility index (Phi) is 3.92. The van der Waals surface area contributed by atoms with Crippen molar-refractivity contribution in [2.75, 3.05) is 0 Å². The normalized spacial score (nSPS) is 12.1. The van der Waals surface area contributed by atoms with Crippen molar-refractivity contribution in [1.29, 1.82) is 0 Å². The molecule has 84 valence electrons. The van der Waals surface area contributed by atoms with E-state index in [1.165, 1.54) is 11.1 Å². The maximum Gasteiger partial charge on any atom is 0.0594 e. The van der Waals surface area contributed by atoms with E-state index in [-0.39, 0.29) is 0 Å². The van der Waals surface area contributed by atoms with Gasteiger partial charge in [-0.25, -0.2) is 0 Å². The van der Waals surface area contributed by atoms with Crippen molar-refractivity contribution >= 4 is 0 Å². The minimum Gasteiger partial charge on any atom is -0.390 e. The van der Waals surface area contributed by atoms with Gasteiger partial charge in [-0.2, -0.15) is 0 Å². The number of rotatable bonds is 4. The van der Waals surface area contributed by atoms with Crippen LogP contribution in [0.4, 0.5) is 0 Å². The van der Waals surface area contributed by atoms with Crippen molar-refractivity contribution in [2.24, 2.45) is 0 Å². The third-order valence-electron chi connectivity index (χ3n) is 2.67. The van der Waals surface area contributed by atoms with E-state index >= 15 is 0 Å². The van der Waals surface area contributed by atoms with Crippen LogP contribution in [0, 0.1) is 0 Å². The van der Waals surface area contributed by atoms with Crippen LogP contribution in [0.2, 0.25) is 0 Å². The third-order valence-corrected chi connectivity index (χ3v) is 2.67. The second-order valence-corrected chi connectivity index (χ2v) is 5.21. The fourth-order valence-electron chi connectivity index (χ4n) is 1.52. The molecular formula is C14H22O. The lowest BCUT2D eigenvalue weighted by atomic mass is 9.96. The highest BCUT2D eigenvalue weighted by molar-refractivity contribution is 5.24. The highest BCUT2D eigenvalue weighted by atomic mass is 16.3. The molecule has 0 atom stereocenters. The summed E-state index contributed by atoms with van der Waals surface area (Å²) < 4.78 is 0. The molecule has 0 aromatic heterocycles. The van der Waals surface area contributed by atoms with Crippen LogP contribution in [-0.4, -0.2) is 10.7 Å². The van der Waals surface area contributed by atoms with Crippen LogP contribution < -0.4 is 0 Å². The summed E-state index contributed by atoms with van der Waals surface area (Å²) in [5, 5.41) is 9.62.